The Bertz CT molecular complexity index is 457. The molecule has 118 valence electrons. The van der Waals surface area contributed by atoms with Crippen molar-refractivity contribution >= 4 is 5.69 Å². The molecule has 1 aliphatic heterocycles. The number of benzene rings is 1. The highest BCUT2D eigenvalue weighted by Gasteiger charge is 2.28. The molecular weight excluding hydrogens is 256 g/mol. The third kappa shape index (κ3) is 4.23. The summed E-state index contributed by atoms with van der Waals surface area (Å²) in [5.41, 5.74) is 4.80. The zero-order chi connectivity index (χ0) is 15.5. The van der Waals surface area contributed by atoms with Crippen molar-refractivity contribution in [1.82, 2.24) is 5.32 Å². The number of hydrogen-bond acceptors (Lipinski definition) is 2. The van der Waals surface area contributed by atoms with Gasteiger partial charge in [0.25, 0.3) is 0 Å². The van der Waals surface area contributed by atoms with E-state index in [2.05, 4.69) is 63.0 Å². The average molecular weight is 288 g/mol. The molecule has 0 spiro atoms. The molecule has 0 aromatic heterocycles. The fraction of sp³-hybridized carbons (Fsp3) is 0.684. The molecule has 1 saturated heterocycles. The molecular formula is C19H32N2. The first kappa shape index (κ1) is 16.4. The van der Waals surface area contributed by atoms with Crippen LogP contribution in [0.5, 0.6) is 0 Å². The maximum absolute atomic E-state index is 3.49. The topological polar surface area (TPSA) is 15.3 Å². The smallest absolute Gasteiger partial charge is 0.0396 e. The first-order valence-electron chi connectivity index (χ1n) is 8.51. The van der Waals surface area contributed by atoms with Crippen molar-refractivity contribution in [3.05, 3.63) is 29.3 Å². The van der Waals surface area contributed by atoms with Crippen LogP contribution in [0.15, 0.2) is 18.2 Å². The zero-order valence-electron chi connectivity index (χ0n) is 14.5. The minimum atomic E-state index is 0.541. The number of anilines is 1. The van der Waals surface area contributed by atoms with Crippen molar-refractivity contribution in [2.24, 2.45) is 5.41 Å². The van der Waals surface area contributed by atoms with Crippen LogP contribution in [0.2, 0.25) is 0 Å². The van der Waals surface area contributed by atoms with Crippen LogP contribution in [0.3, 0.4) is 0 Å². The summed E-state index contributed by atoms with van der Waals surface area (Å²) in [6.45, 7) is 14.8. The van der Waals surface area contributed by atoms with Gasteiger partial charge in [0, 0.05) is 31.4 Å². The summed E-state index contributed by atoms with van der Waals surface area (Å²) >= 11 is 0. The minimum Gasteiger partial charge on any atom is -0.371 e. The standard InChI is InChI=1S/C19H32N2/c1-6-19(5)9-11-21(12-10-19)18-8-7-17(13-16(18)4)14-20-15(2)3/h7-8,13,15,20H,6,9-12,14H2,1-5H3. The highest BCUT2D eigenvalue weighted by molar-refractivity contribution is 5.54. The summed E-state index contributed by atoms with van der Waals surface area (Å²) in [5, 5.41) is 3.49. The number of nitrogens with zero attached hydrogens (tertiary/aromatic N) is 1. The third-order valence-corrected chi connectivity index (χ3v) is 5.14. The number of piperidine rings is 1. The molecule has 1 aromatic carbocycles. The second-order valence-corrected chi connectivity index (χ2v) is 7.31. The van der Waals surface area contributed by atoms with Gasteiger partial charge >= 0.3 is 0 Å². The Morgan fingerprint density at radius 1 is 1.24 bits per heavy atom. The molecule has 0 aliphatic carbocycles. The van der Waals surface area contributed by atoms with Gasteiger partial charge < -0.3 is 10.2 Å². The molecule has 0 unspecified atom stereocenters. The fourth-order valence-corrected chi connectivity index (χ4v) is 3.15. The lowest BCUT2D eigenvalue weighted by atomic mass is 9.78. The van der Waals surface area contributed by atoms with Gasteiger partial charge in [0.05, 0.1) is 0 Å². The third-order valence-electron chi connectivity index (χ3n) is 5.14. The molecule has 0 saturated carbocycles. The van der Waals surface area contributed by atoms with E-state index < -0.39 is 0 Å². The van der Waals surface area contributed by atoms with Gasteiger partial charge in [-0.25, -0.2) is 0 Å². The molecule has 0 amide bonds. The molecule has 1 aliphatic rings. The van der Waals surface area contributed by atoms with Gasteiger partial charge in [-0.15, -0.1) is 0 Å². The SMILES string of the molecule is CCC1(C)CCN(c2ccc(CNC(C)C)cc2C)CC1. The lowest BCUT2D eigenvalue weighted by molar-refractivity contribution is 0.238. The van der Waals surface area contributed by atoms with Gasteiger partial charge in [-0.2, -0.15) is 0 Å². The lowest BCUT2D eigenvalue weighted by Crippen LogP contribution is -2.38. The zero-order valence-corrected chi connectivity index (χ0v) is 14.5. The van der Waals surface area contributed by atoms with Crippen molar-refractivity contribution in [1.29, 1.82) is 0 Å². The molecule has 1 heterocycles. The largest absolute Gasteiger partial charge is 0.371 e. The molecule has 1 fully saturated rings. The lowest BCUT2D eigenvalue weighted by Gasteiger charge is -2.40. The van der Waals surface area contributed by atoms with E-state index in [0.717, 1.165) is 6.54 Å². The molecule has 2 nitrogen and oxygen atoms in total. The summed E-state index contributed by atoms with van der Waals surface area (Å²) in [4.78, 5) is 2.58. The minimum absolute atomic E-state index is 0.541. The van der Waals surface area contributed by atoms with Crippen LogP contribution < -0.4 is 10.2 Å². The Hall–Kier alpha value is -1.02. The molecule has 2 heteroatoms. The molecule has 0 radical (unpaired) electrons. The van der Waals surface area contributed by atoms with Gasteiger partial charge in [0.1, 0.15) is 0 Å². The highest BCUT2D eigenvalue weighted by Crippen LogP contribution is 2.36. The maximum Gasteiger partial charge on any atom is 0.0396 e. The normalized spacial score (nSPS) is 18.3. The van der Waals surface area contributed by atoms with Crippen molar-refractivity contribution in [3.8, 4) is 0 Å². The van der Waals surface area contributed by atoms with E-state index in [1.807, 2.05) is 0 Å². The maximum atomic E-state index is 3.49. The van der Waals surface area contributed by atoms with Crippen LogP contribution in [0.4, 0.5) is 5.69 Å². The summed E-state index contributed by atoms with van der Waals surface area (Å²) < 4.78 is 0. The van der Waals surface area contributed by atoms with Crippen LogP contribution in [0.1, 0.15) is 58.1 Å². The molecule has 1 N–H and O–H groups in total. The number of hydrogen-bond donors (Lipinski definition) is 1. The monoisotopic (exact) mass is 288 g/mol. The van der Waals surface area contributed by atoms with Crippen LogP contribution in [-0.4, -0.2) is 19.1 Å². The summed E-state index contributed by atoms with van der Waals surface area (Å²) in [5.74, 6) is 0. The first-order valence-corrected chi connectivity index (χ1v) is 8.51. The van der Waals surface area contributed by atoms with E-state index in [4.69, 9.17) is 0 Å². The quantitative estimate of drug-likeness (QED) is 0.857. The van der Waals surface area contributed by atoms with Crippen molar-refractivity contribution in [2.45, 2.75) is 66.5 Å². The van der Waals surface area contributed by atoms with E-state index in [1.165, 1.54) is 49.2 Å². The van der Waals surface area contributed by atoms with Crippen LogP contribution in [0, 0.1) is 12.3 Å². The van der Waals surface area contributed by atoms with Gasteiger partial charge in [0.15, 0.2) is 0 Å². The fourth-order valence-electron chi connectivity index (χ4n) is 3.15. The second-order valence-electron chi connectivity index (χ2n) is 7.31. The first-order chi connectivity index (χ1) is 9.93. The number of nitrogens with one attached hydrogen (secondary N) is 1. The molecule has 1 aromatic rings. The highest BCUT2D eigenvalue weighted by atomic mass is 15.1. The van der Waals surface area contributed by atoms with Crippen LogP contribution in [-0.2, 0) is 6.54 Å². The molecule has 2 rings (SSSR count). The Balaban J connectivity index is 2.01. The van der Waals surface area contributed by atoms with E-state index >= 15 is 0 Å². The Morgan fingerprint density at radius 3 is 2.43 bits per heavy atom. The second kappa shape index (κ2) is 6.83. The van der Waals surface area contributed by atoms with Crippen LogP contribution in [0.25, 0.3) is 0 Å². The molecule has 0 bridgehead atoms. The van der Waals surface area contributed by atoms with Gasteiger partial charge in [-0.05, 0) is 42.4 Å². The Morgan fingerprint density at radius 2 is 1.90 bits per heavy atom. The van der Waals surface area contributed by atoms with Crippen LogP contribution >= 0.6 is 0 Å². The van der Waals surface area contributed by atoms with Gasteiger partial charge in [0.2, 0.25) is 0 Å². The average Bonchev–Trinajstić information content (AvgIpc) is 2.46. The van der Waals surface area contributed by atoms with Crippen molar-refractivity contribution < 1.29 is 0 Å². The van der Waals surface area contributed by atoms with E-state index in [-0.39, 0.29) is 0 Å². The number of aryl methyl sites for hydroxylation is 1. The van der Waals surface area contributed by atoms with E-state index in [0.29, 0.717) is 11.5 Å². The Labute approximate surface area is 130 Å². The summed E-state index contributed by atoms with van der Waals surface area (Å²) in [7, 11) is 0. The van der Waals surface area contributed by atoms with Gasteiger partial charge in [-0.3, -0.25) is 0 Å². The predicted octanol–water partition coefficient (Wildman–Crippen LogP) is 4.51. The molecule has 21 heavy (non-hydrogen) atoms. The predicted molar refractivity (Wildman–Crippen MR) is 93.0 cm³/mol. The van der Waals surface area contributed by atoms with E-state index in [9.17, 15) is 0 Å². The summed E-state index contributed by atoms with van der Waals surface area (Å²) in [6.07, 6.45) is 3.94. The molecule has 0 atom stereocenters. The van der Waals surface area contributed by atoms with Crippen molar-refractivity contribution in [3.63, 3.8) is 0 Å². The number of rotatable bonds is 5. The Kier molecular flexibility index (Phi) is 5.32. The summed E-state index contributed by atoms with van der Waals surface area (Å²) in [6, 6.07) is 7.49. The van der Waals surface area contributed by atoms with Gasteiger partial charge in [-0.1, -0.05) is 46.2 Å². The van der Waals surface area contributed by atoms with Crippen molar-refractivity contribution in [2.75, 3.05) is 18.0 Å². The van der Waals surface area contributed by atoms with E-state index in [1.54, 1.807) is 0 Å².